The van der Waals surface area contributed by atoms with Gasteiger partial charge in [-0.3, -0.25) is 9.88 Å². The van der Waals surface area contributed by atoms with Gasteiger partial charge in [-0.25, -0.2) is 4.79 Å². The van der Waals surface area contributed by atoms with E-state index in [2.05, 4.69) is 34.7 Å². The Bertz CT molecular complexity index is 1330. The van der Waals surface area contributed by atoms with Crippen LogP contribution in [-0.2, 0) is 0 Å². The molecule has 0 spiro atoms. The average molecular weight is 417 g/mol. The highest BCUT2D eigenvalue weighted by molar-refractivity contribution is 5.87. The molecule has 31 heavy (non-hydrogen) atoms. The van der Waals surface area contributed by atoms with Crippen LogP contribution in [0.4, 0.5) is 5.69 Å². The van der Waals surface area contributed by atoms with Crippen LogP contribution in [0.2, 0.25) is 0 Å². The number of anilines is 1. The summed E-state index contributed by atoms with van der Waals surface area (Å²) in [6, 6.07) is 10.7. The van der Waals surface area contributed by atoms with Crippen LogP contribution in [0.3, 0.4) is 0 Å². The van der Waals surface area contributed by atoms with Gasteiger partial charge in [0.1, 0.15) is 5.76 Å². The van der Waals surface area contributed by atoms with Gasteiger partial charge in [0.05, 0.1) is 22.3 Å². The largest absolute Gasteiger partial charge is 0.422 e. The van der Waals surface area contributed by atoms with E-state index in [-0.39, 0.29) is 5.63 Å². The molecule has 1 saturated heterocycles. The molecule has 0 N–H and O–H groups in total. The summed E-state index contributed by atoms with van der Waals surface area (Å²) in [7, 11) is 0. The molecule has 4 heterocycles. The van der Waals surface area contributed by atoms with Crippen molar-refractivity contribution in [2.75, 3.05) is 31.1 Å². The molecule has 0 atom stereocenters. The topological polar surface area (TPSA) is 54.0 Å². The standard InChI is InChI=1S/C25H28N4O2/c1-16(2)27-7-9-28(10-8-27)21-6-5-19-12-24(31-25(30)22(19)13-21)20-11-23-18(4)26-17(3)14-29(23)15-20/h5-6,11-16H,7-10H2,1-4H3. The van der Waals surface area contributed by atoms with Crippen LogP contribution in [0.5, 0.6) is 0 Å². The van der Waals surface area contributed by atoms with Crippen molar-refractivity contribution in [2.45, 2.75) is 33.7 Å². The monoisotopic (exact) mass is 416 g/mol. The first-order valence-electron chi connectivity index (χ1n) is 10.9. The Hall–Kier alpha value is -3.12. The number of fused-ring (bicyclic) bond motifs is 2. The molecule has 1 aliphatic rings. The van der Waals surface area contributed by atoms with E-state index >= 15 is 0 Å². The van der Waals surface area contributed by atoms with E-state index in [0.717, 1.165) is 59.7 Å². The number of hydrogen-bond donors (Lipinski definition) is 0. The Morgan fingerprint density at radius 3 is 2.52 bits per heavy atom. The summed E-state index contributed by atoms with van der Waals surface area (Å²) in [6.07, 6.45) is 3.97. The highest BCUT2D eigenvalue weighted by Gasteiger charge is 2.20. The predicted octanol–water partition coefficient (Wildman–Crippen LogP) is 4.25. The smallest absolute Gasteiger partial charge is 0.344 e. The van der Waals surface area contributed by atoms with Crippen molar-refractivity contribution in [1.29, 1.82) is 0 Å². The number of benzene rings is 1. The molecule has 1 fully saturated rings. The fraction of sp³-hybridized carbons (Fsp3) is 0.360. The molecular weight excluding hydrogens is 388 g/mol. The minimum atomic E-state index is -0.295. The van der Waals surface area contributed by atoms with E-state index in [0.29, 0.717) is 17.2 Å². The van der Waals surface area contributed by atoms with Crippen LogP contribution in [0.1, 0.15) is 25.2 Å². The zero-order chi connectivity index (χ0) is 21.7. The van der Waals surface area contributed by atoms with Crippen molar-refractivity contribution < 1.29 is 4.42 Å². The Kier molecular flexibility index (Phi) is 4.82. The first-order chi connectivity index (χ1) is 14.9. The fourth-order valence-corrected chi connectivity index (χ4v) is 4.57. The SMILES string of the molecule is Cc1cn2cc(-c3cc4ccc(N5CCN(C(C)C)CC5)cc4c(=O)o3)cc2c(C)n1. The van der Waals surface area contributed by atoms with Crippen LogP contribution < -0.4 is 10.5 Å². The second kappa shape index (κ2) is 7.54. The van der Waals surface area contributed by atoms with Crippen LogP contribution >= 0.6 is 0 Å². The molecular formula is C25H28N4O2. The van der Waals surface area contributed by atoms with Gasteiger partial charge in [0.15, 0.2) is 0 Å². The number of aryl methyl sites for hydroxylation is 2. The van der Waals surface area contributed by atoms with Crippen molar-refractivity contribution in [3.05, 3.63) is 64.5 Å². The second-order valence-corrected chi connectivity index (χ2v) is 8.78. The molecule has 0 unspecified atom stereocenters. The number of nitrogens with zero attached hydrogens (tertiary/aromatic N) is 4. The second-order valence-electron chi connectivity index (χ2n) is 8.78. The molecule has 5 rings (SSSR count). The maximum Gasteiger partial charge on any atom is 0.344 e. The lowest BCUT2D eigenvalue weighted by atomic mass is 10.1. The molecule has 0 aliphatic carbocycles. The zero-order valence-corrected chi connectivity index (χ0v) is 18.6. The van der Waals surface area contributed by atoms with Crippen molar-refractivity contribution in [1.82, 2.24) is 14.3 Å². The maximum atomic E-state index is 12.9. The van der Waals surface area contributed by atoms with E-state index < -0.39 is 0 Å². The molecule has 0 radical (unpaired) electrons. The van der Waals surface area contributed by atoms with Crippen molar-refractivity contribution in [2.24, 2.45) is 0 Å². The third-order valence-corrected chi connectivity index (χ3v) is 6.33. The average Bonchev–Trinajstić information content (AvgIpc) is 3.18. The van der Waals surface area contributed by atoms with E-state index in [4.69, 9.17) is 4.42 Å². The molecule has 1 aliphatic heterocycles. The van der Waals surface area contributed by atoms with Crippen molar-refractivity contribution in [3.8, 4) is 11.3 Å². The number of aromatic nitrogens is 2. The lowest BCUT2D eigenvalue weighted by Crippen LogP contribution is -2.48. The molecule has 0 saturated carbocycles. The first kappa shape index (κ1) is 19.8. The quantitative estimate of drug-likeness (QED) is 0.500. The van der Waals surface area contributed by atoms with Gasteiger partial charge in [0.25, 0.3) is 0 Å². The third kappa shape index (κ3) is 3.61. The molecule has 4 aromatic rings. The van der Waals surface area contributed by atoms with E-state index in [1.165, 1.54) is 0 Å². The Balaban J connectivity index is 1.49. The highest BCUT2D eigenvalue weighted by Crippen LogP contribution is 2.28. The summed E-state index contributed by atoms with van der Waals surface area (Å²) in [4.78, 5) is 22.2. The van der Waals surface area contributed by atoms with Crippen LogP contribution in [0, 0.1) is 13.8 Å². The lowest BCUT2D eigenvalue weighted by molar-refractivity contribution is 0.209. The third-order valence-electron chi connectivity index (χ3n) is 6.33. The molecule has 160 valence electrons. The summed E-state index contributed by atoms with van der Waals surface area (Å²) in [5, 5.41) is 1.53. The van der Waals surface area contributed by atoms with Gasteiger partial charge >= 0.3 is 5.63 Å². The van der Waals surface area contributed by atoms with Crippen molar-refractivity contribution >= 4 is 22.0 Å². The van der Waals surface area contributed by atoms with E-state index in [1.807, 2.05) is 54.9 Å². The Morgan fingerprint density at radius 1 is 1.00 bits per heavy atom. The zero-order valence-electron chi connectivity index (χ0n) is 18.6. The normalized spacial score (nSPS) is 15.5. The summed E-state index contributed by atoms with van der Waals surface area (Å²) in [5.74, 6) is 0.580. The maximum absolute atomic E-state index is 12.9. The van der Waals surface area contributed by atoms with Crippen LogP contribution in [-0.4, -0.2) is 46.5 Å². The van der Waals surface area contributed by atoms with Crippen molar-refractivity contribution in [3.63, 3.8) is 0 Å². The number of hydrogen-bond acceptors (Lipinski definition) is 5. The van der Waals surface area contributed by atoms with Gasteiger partial charge in [-0.2, -0.15) is 0 Å². The molecule has 6 heteroatoms. The predicted molar refractivity (Wildman–Crippen MR) is 125 cm³/mol. The van der Waals surface area contributed by atoms with Gasteiger partial charge in [-0.15, -0.1) is 0 Å². The Morgan fingerprint density at radius 2 is 1.77 bits per heavy atom. The minimum absolute atomic E-state index is 0.295. The van der Waals surface area contributed by atoms with E-state index in [1.54, 1.807) is 0 Å². The summed E-state index contributed by atoms with van der Waals surface area (Å²) in [5.41, 5.74) is 4.59. The van der Waals surface area contributed by atoms with Crippen LogP contribution in [0.15, 0.2) is 51.9 Å². The summed E-state index contributed by atoms with van der Waals surface area (Å²) in [6.45, 7) is 12.5. The van der Waals surface area contributed by atoms with Gasteiger partial charge in [-0.05, 0) is 57.3 Å². The van der Waals surface area contributed by atoms with Gasteiger partial charge < -0.3 is 13.7 Å². The fourth-order valence-electron chi connectivity index (χ4n) is 4.57. The van der Waals surface area contributed by atoms with E-state index in [9.17, 15) is 4.79 Å². The molecule has 0 amide bonds. The molecule has 6 nitrogen and oxygen atoms in total. The highest BCUT2D eigenvalue weighted by atomic mass is 16.4. The summed E-state index contributed by atoms with van der Waals surface area (Å²) < 4.78 is 7.79. The Labute approximate surface area is 181 Å². The van der Waals surface area contributed by atoms with Gasteiger partial charge in [-0.1, -0.05) is 6.07 Å². The number of piperazine rings is 1. The molecule has 3 aromatic heterocycles. The lowest BCUT2D eigenvalue weighted by Gasteiger charge is -2.38. The van der Waals surface area contributed by atoms with Gasteiger partial charge in [0, 0.05) is 55.9 Å². The van der Waals surface area contributed by atoms with Crippen LogP contribution in [0.25, 0.3) is 27.6 Å². The van der Waals surface area contributed by atoms with Gasteiger partial charge in [0.2, 0.25) is 0 Å². The molecule has 1 aromatic carbocycles. The minimum Gasteiger partial charge on any atom is -0.422 e. The summed E-state index contributed by atoms with van der Waals surface area (Å²) >= 11 is 0. The number of rotatable bonds is 3. The first-order valence-corrected chi connectivity index (χ1v) is 10.9. The molecule has 0 bridgehead atoms.